The standard InChI is InChI=1S/C13H26N2O/c1-3-7-11(14)10-13(16)15-9-6-5-8-12(15)4-2/h11-12H,3-10,14H2,1-2H3. The van der Waals surface area contributed by atoms with Crippen molar-refractivity contribution < 1.29 is 4.79 Å². The minimum Gasteiger partial charge on any atom is -0.340 e. The third kappa shape index (κ3) is 3.78. The fourth-order valence-corrected chi connectivity index (χ4v) is 2.57. The van der Waals surface area contributed by atoms with E-state index in [4.69, 9.17) is 5.73 Å². The minimum absolute atomic E-state index is 0.0527. The van der Waals surface area contributed by atoms with E-state index < -0.39 is 0 Å². The number of nitrogens with two attached hydrogens (primary N) is 1. The van der Waals surface area contributed by atoms with E-state index in [2.05, 4.69) is 18.7 Å². The van der Waals surface area contributed by atoms with E-state index in [0.717, 1.165) is 32.2 Å². The molecule has 2 unspecified atom stereocenters. The molecule has 1 saturated heterocycles. The predicted octanol–water partition coefficient (Wildman–Crippen LogP) is 2.29. The Kier molecular flexibility index (Phi) is 5.81. The van der Waals surface area contributed by atoms with Crippen molar-refractivity contribution in [3.05, 3.63) is 0 Å². The van der Waals surface area contributed by atoms with E-state index in [0.29, 0.717) is 12.5 Å². The first kappa shape index (κ1) is 13.5. The largest absolute Gasteiger partial charge is 0.340 e. The smallest absolute Gasteiger partial charge is 0.224 e. The maximum atomic E-state index is 12.1. The number of carbonyl (C=O) groups is 1. The summed E-state index contributed by atoms with van der Waals surface area (Å²) in [7, 11) is 0. The molecular weight excluding hydrogens is 200 g/mol. The van der Waals surface area contributed by atoms with Gasteiger partial charge in [0.05, 0.1) is 0 Å². The fourth-order valence-electron chi connectivity index (χ4n) is 2.57. The zero-order chi connectivity index (χ0) is 12.0. The lowest BCUT2D eigenvalue weighted by molar-refractivity contribution is -0.135. The van der Waals surface area contributed by atoms with Crippen molar-refractivity contribution in [1.29, 1.82) is 0 Å². The van der Waals surface area contributed by atoms with Crippen LogP contribution < -0.4 is 5.73 Å². The first-order valence-corrected chi connectivity index (χ1v) is 6.74. The maximum absolute atomic E-state index is 12.1. The summed E-state index contributed by atoms with van der Waals surface area (Å²) < 4.78 is 0. The molecule has 16 heavy (non-hydrogen) atoms. The van der Waals surface area contributed by atoms with Crippen LogP contribution in [0, 0.1) is 0 Å². The summed E-state index contributed by atoms with van der Waals surface area (Å²) in [6.07, 6.45) is 7.22. The number of amides is 1. The fraction of sp³-hybridized carbons (Fsp3) is 0.923. The van der Waals surface area contributed by atoms with E-state index in [1.165, 1.54) is 12.8 Å². The molecule has 1 aliphatic heterocycles. The molecule has 3 nitrogen and oxygen atoms in total. The van der Waals surface area contributed by atoms with Gasteiger partial charge in [-0.05, 0) is 32.1 Å². The molecule has 1 rings (SSSR count). The Morgan fingerprint density at radius 2 is 2.19 bits per heavy atom. The molecule has 0 aliphatic carbocycles. The number of likely N-dealkylation sites (tertiary alicyclic amines) is 1. The van der Waals surface area contributed by atoms with Crippen molar-refractivity contribution in [3.63, 3.8) is 0 Å². The van der Waals surface area contributed by atoms with E-state index in [1.54, 1.807) is 0 Å². The number of hydrogen-bond acceptors (Lipinski definition) is 2. The molecular formula is C13H26N2O. The van der Waals surface area contributed by atoms with Gasteiger partial charge in [0.1, 0.15) is 0 Å². The van der Waals surface area contributed by atoms with Crippen LogP contribution in [0.5, 0.6) is 0 Å². The Balaban J connectivity index is 2.44. The predicted molar refractivity (Wildman–Crippen MR) is 67.1 cm³/mol. The molecule has 94 valence electrons. The third-order valence-electron chi connectivity index (χ3n) is 3.52. The van der Waals surface area contributed by atoms with E-state index in [1.807, 2.05) is 0 Å². The summed E-state index contributed by atoms with van der Waals surface area (Å²) in [5.74, 6) is 0.271. The van der Waals surface area contributed by atoms with Crippen LogP contribution in [-0.4, -0.2) is 29.4 Å². The highest BCUT2D eigenvalue weighted by Gasteiger charge is 2.25. The Morgan fingerprint density at radius 3 is 2.81 bits per heavy atom. The van der Waals surface area contributed by atoms with Crippen molar-refractivity contribution in [2.75, 3.05) is 6.54 Å². The van der Waals surface area contributed by atoms with Gasteiger partial charge in [0.25, 0.3) is 0 Å². The van der Waals surface area contributed by atoms with Crippen LogP contribution in [0.1, 0.15) is 58.8 Å². The summed E-state index contributed by atoms with van der Waals surface area (Å²) in [6.45, 7) is 5.22. The average Bonchev–Trinajstić information content (AvgIpc) is 2.29. The summed E-state index contributed by atoms with van der Waals surface area (Å²) in [4.78, 5) is 14.2. The molecule has 1 aliphatic rings. The first-order chi connectivity index (χ1) is 7.69. The first-order valence-electron chi connectivity index (χ1n) is 6.74. The SMILES string of the molecule is CCCC(N)CC(=O)N1CCCCC1CC. The van der Waals surface area contributed by atoms with Gasteiger partial charge in [-0.2, -0.15) is 0 Å². The van der Waals surface area contributed by atoms with Gasteiger partial charge < -0.3 is 10.6 Å². The zero-order valence-corrected chi connectivity index (χ0v) is 10.7. The van der Waals surface area contributed by atoms with Crippen LogP contribution in [0.4, 0.5) is 0 Å². The molecule has 1 amide bonds. The van der Waals surface area contributed by atoms with Crippen LogP contribution in [0.15, 0.2) is 0 Å². The zero-order valence-electron chi connectivity index (χ0n) is 10.7. The normalized spacial score (nSPS) is 23.2. The summed E-state index contributed by atoms with van der Waals surface area (Å²) in [5.41, 5.74) is 5.93. The molecule has 0 aromatic heterocycles. The van der Waals surface area contributed by atoms with Crippen LogP contribution in [0.3, 0.4) is 0 Å². The molecule has 0 aromatic rings. The van der Waals surface area contributed by atoms with Gasteiger partial charge in [0, 0.05) is 25.0 Å². The summed E-state index contributed by atoms with van der Waals surface area (Å²) in [6, 6.07) is 0.520. The Hall–Kier alpha value is -0.570. The van der Waals surface area contributed by atoms with Gasteiger partial charge in [-0.25, -0.2) is 0 Å². The molecule has 2 atom stereocenters. The quantitative estimate of drug-likeness (QED) is 0.782. The highest BCUT2D eigenvalue weighted by Crippen LogP contribution is 2.20. The number of nitrogens with zero attached hydrogens (tertiary/aromatic N) is 1. The monoisotopic (exact) mass is 226 g/mol. The van der Waals surface area contributed by atoms with Gasteiger partial charge in [0.2, 0.25) is 5.91 Å². The highest BCUT2D eigenvalue weighted by atomic mass is 16.2. The molecule has 2 N–H and O–H groups in total. The third-order valence-corrected chi connectivity index (χ3v) is 3.52. The molecule has 3 heteroatoms. The molecule has 0 bridgehead atoms. The van der Waals surface area contributed by atoms with Crippen LogP contribution >= 0.6 is 0 Å². The van der Waals surface area contributed by atoms with Crippen molar-refractivity contribution in [2.24, 2.45) is 5.73 Å². The lowest BCUT2D eigenvalue weighted by atomic mass is 9.98. The Labute approximate surface area is 99.4 Å². The maximum Gasteiger partial charge on any atom is 0.224 e. The van der Waals surface area contributed by atoms with E-state index in [-0.39, 0.29) is 11.9 Å². The van der Waals surface area contributed by atoms with Crippen molar-refractivity contribution in [3.8, 4) is 0 Å². The van der Waals surface area contributed by atoms with Gasteiger partial charge in [-0.15, -0.1) is 0 Å². The molecule has 0 saturated carbocycles. The molecule has 0 aromatic carbocycles. The van der Waals surface area contributed by atoms with Crippen LogP contribution in [-0.2, 0) is 4.79 Å². The highest BCUT2D eigenvalue weighted by molar-refractivity contribution is 5.77. The minimum atomic E-state index is 0.0527. The van der Waals surface area contributed by atoms with Gasteiger partial charge in [0.15, 0.2) is 0 Å². The van der Waals surface area contributed by atoms with Crippen molar-refractivity contribution in [2.45, 2.75) is 70.9 Å². The average molecular weight is 226 g/mol. The lowest BCUT2D eigenvalue weighted by Gasteiger charge is -2.36. The second kappa shape index (κ2) is 6.89. The number of carbonyl (C=O) groups excluding carboxylic acids is 1. The van der Waals surface area contributed by atoms with Crippen LogP contribution in [0.25, 0.3) is 0 Å². The second-order valence-electron chi connectivity index (χ2n) is 4.90. The Morgan fingerprint density at radius 1 is 1.44 bits per heavy atom. The van der Waals surface area contributed by atoms with Gasteiger partial charge >= 0.3 is 0 Å². The van der Waals surface area contributed by atoms with Gasteiger partial charge in [-0.3, -0.25) is 4.79 Å². The number of hydrogen-bond donors (Lipinski definition) is 1. The van der Waals surface area contributed by atoms with Crippen molar-refractivity contribution in [1.82, 2.24) is 4.90 Å². The topological polar surface area (TPSA) is 46.3 Å². The second-order valence-corrected chi connectivity index (χ2v) is 4.90. The molecule has 1 heterocycles. The molecule has 0 spiro atoms. The summed E-state index contributed by atoms with van der Waals surface area (Å²) >= 11 is 0. The number of rotatable bonds is 5. The van der Waals surface area contributed by atoms with Crippen molar-refractivity contribution >= 4 is 5.91 Å². The van der Waals surface area contributed by atoms with Crippen LogP contribution in [0.2, 0.25) is 0 Å². The van der Waals surface area contributed by atoms with Gasteiger partial charge in [-0.1, -0.05) is 20.3 Å². The van der Waals surface area contributed by atoms with E-state index in [9.17, 15) is 4.79 Å². The van der Waals surface area contributed by atoms with E-state index >= 15 is 0 Å². The summed E-state index contributed by atoms with van der Waals surface area (Å²) in [5, 5.41) is 0. The lowest BCUT2D eigenvalue weighted by Crippen LogP contribution is -2.45. The number of piperidine rings is 1. The Bertz CT molecular complexity index is 218. The molecule has 0 radical (unpaired) electrons. The molecule has 1 fully saturated rings.